The van der Waals surface area contributed by atoms with Crippen LogP contribution >= 0.6 is 0 Å². The van der Waals surface area contributed by atoms with Gasteiger partial charge >= 0.3 is 0 Å². The van der Waals surface area contributed by atoms with E-state index in [-0.39, 0.29) is 18.4 Å². The summed E-state index contributed by atoms with van der Waals surface area (Å²) in [6.45, 7) is 5.50. The Morgan fingerprint density at radius 2 is 1.50 bits per heavy atom. The first kappa shape index (κ1) is 16.8. The third-order valence-electron chi connectivity index (χ3n) is 5.01. The minimum absolute atomic E-state index is 0.0443. The van der Waals surface area contributed by atoms with E-state index in [0.717, 1.165) is 44.7 Å². The Labute approximate surface area is 144 Å². The molecule has 130 valence electrons. The van der Waals surface area contributed by atoms with Crippen molar-refractivity contribution in [1.29, 1.82) is 0 Å². The number of amides is 2. The van der Waals surface area contributed by atoms with Gasteiger partial charge in [-0.05, 0) is 56.4 Å². The molecule has 0 spiro atoms. The lowest BCUT2D eigenvalue weighted by Gasteiger charge is -2.29. The standard InChI is InChI=1S/C19H27N3O2/c1-16(23)22(15-19(24)21-13-5-6-14-21)18-9-7-17(8-10-18)20-11-3-2-4-12-20/h7-10H,2-6,11-15H2,1H3. The summed E-state index contributed by atoms with van der Waals surface area (Å²) in [5.74, 6) is -0.0453. The van der Waals surface area contributed by atoms with Gasteiger partial charge in [0.25, 0.3) is 0 Å². The first-order chi connectivity index (χ1) is 11.6. The van der Waals surface area contributed by atoms with E-state index in [1.807, 2.05) is 17.0 Å². The molecule has 1 aromatic carbocycles. The number of carbonyl (C=O) groups excluding carboxylic acids is 2. The molecule has 0 saturated carbocycles. The SMILES string of the molecule is CC(=O)N(CC(=O)N1CCCC1)c1ccc(N2CCCCC2)cc1. The Bertz CT molecular complexity index is 573. The molecule has 0 bridgehead atoms. The van der Waals surface area contributed by atoms with Gasteiger partial charge < -0.3 is 14.7 Å². The molecule has 2 heterocycles. The van der Waals surface area contributed by atoms with Crippen LogP contribution in [0.4, 0.5) is 11.4 Å². The highest BCUT2D eigenvalue weighted by Gasteiger charge is 2.23. The van der Waals surface area contributed by atoms with Gasteiger partial charge in [-0.15, -0.1) is 0 Å². The van der Waals surface area contributed by atoms with E-state index in [1.165, 1.54) is 31.9 Å². The number of anilines is 2. The molecule has 0 aliphatic carbocycles. The van der Waals surface area contributed by atoms with Gasteiger partial charge in [-0.1, -0.05) is 0 Å². The summed E-state index contributed by atoms with van der Waals surface area (Å²) in [6, 6.07) is 8.05. The van der Waals surface area contributed by atoms with Crippen LogP contribution in [0.5, 0.6) is 0 Å². The molecule has 5 heteroatoms. The summed E-state index contributed by atoms with van der Waals surface area (Å²) < 4.78 is 0. The molecule has 0 unspecified atom stereocenters. The van der Waals surface area contributed by atoms with E-state index in [0.29, 0.717) is 0 Å². The smallest absolute Gasteiger partial charge is 0.242 e. The number of nitrogens with zero attached hydrogens (tertiary/aromatic N) is 3. The number of carbonyl (C=O) groups is 2. The maximum Gasteiger partial charge on any atom is 0.242 e. The number of likely N-dealkylation sites (tertiary alicyclic amines) is 1. The van der Waals surface area contributed by atoms with Gasteiger partial charge in [0.2, 0.25) is 11.8 Å². The third kappa shape index (κ3) is 3.89. The normalized spacial score (nSPS) is 17.9. The fourth-order valence-electron chi connectivity index (χ4n) is 3.58. The second-order valence-electron chi connectivity index (χ2n) is 6.76. The lowest BCUT2D eigenvalue weighted by atomic mass is 10.1. The zero-order valence-corrected chi connectivity index (χ0v) is 14.5. The molecule has 0 aromatic heterocycles. The van der Waals surface area contributed by atoms with Crippen LogP contribution in [0, 0.1) is 0 Å². The van der Waals surface area contributed by atoms with Crippen molar-refractivity contribution in [3.8, 4) is 0 Å². The van der Waals surface area contributed by atoms with Crippen molar-refractivity contribution in [2.24, 2.45) is 0 Å². The van der Waals surface area contributed by atoms with Gasteiger partial charge in [-0.3, -0.25) is 9.59 Å². The van der Waals surface area contributed by atoms with Crippen molar-refractivity contribution in [2.45, 2.75) is 39.0 Å². The minimum atomic E-state index is -0.0896. The van der Waals surface area contributed by atoms with Crippen molar-refractivity contribution in [1.82, 2.24) is 4.90 Å². The molecule has 2 fully saturated rings. The molecule has 2 aliphatic heterocycles. The van der Waals surface area contributed by atoms with Crippen molar-refractivity contribution in [2.75, 3.05) is 42.5 Å². The van der Waals surface area contributed by atoms with Gasteiger partial charge in [-0.25, -0.2) is 0 Å². The van der Waals surface area contributed by atoms with E-state index in [2.05, 4.69) is 17.0 Å². The van der Waals surface area contributed by atoms with E-state index < -0.39 is 0 Å². The van der Waals surface area contributed by atoms with E-state index in [9.17, 15) is 9.59 Å². The number of piperidine rings is 1. The van der Waals surface area contributed by atoms with Crippen LogP contribution in [0.2, 0.25) is 0 Å². The largest absolute Gasteiger partial charge is 0.372 e. The summed E-state index contributed by atoms with van der Waals surface area (Å²) in [4.78, 5) is 30.2. The van der Waals surface area contributed by atoms with Crippen LogP contribution in [0.3, 0.4) is 0 Å². The Morgan fingerprint density at radius 3 is 2.08 bits per heavy atom. The summed E-state index contributed by atoms with van der Waals surface area (Å²) in [7, 11) is 0. The van der Waals surface area contributed by atoms with Crippen LogP contribution < -0.4 is 9.80 Å². The Kier molecular flexibility index (Phi) is 5.38. The summed E-state index contributed by atoms with van der Waals surface area (Å²) >= 11 is 0. The monoisotopic (exact) mass is 329 g/mol. The second kappa shape index (κ2) is 7.69. The van der Waals surface area contributed by atoms with Crippen LogP contribution in [0.15, 0.2) is 24.3 Å². The number of hydrogen-bond donors (Lipinski definition) is 0. The molecule has 3 rings (SSSR count). The molecule has 2 saturated heterocycles. The summed E-state index contributed by atoms with van der Waals surface area (Å²) in [6.07, 6.45) is 5.93. The molecular formula is C19H27N3O2. The average molecular weight is 329 g/mol. The van der Waals surface area contributed by atoms with E-state index >= 15 is 0 Å². The average Bonchev–Trinajstić information content (AvgIpc) is 3.15. The van der Waals surface area contributed by atoms with Gasteiger partial charge in [-0.2, -0.15) is 0 Å². The number of hydrogen-bond acceptors (Lipinski definition) is 3. The molecule has 2 amide bonds. The highest BCUT2D eigenvalue weighted by Crippen LogP contribution is 2.24. The summed E-state index contributed by atoms with van der Waals surface area (Å²) in [5.41, 5.74) is 2.00. The highest BCUT2D eigenvalue weighted by atomic mass is 16.2. The topological polar surface area (TPSA) is 43.9 Å². The molecular weight excluding hydrogens is 302 g/mol. The second-order valence-corrected chi connectivity index (χ2v) is 6.76. The van der Waals surface area contributed by atoms with Crippen molar-refractivity contribution < 1.29 is 9.59 Å². The van der Waals surface area contributed by atoms with Crippen LogP contribution in [0.1, 0.15) is 39.0 Å². The predicted octanol–water partition coefficient (Wildman–Crippen LogP) is 2.65. The molecule has 5 nitrogen and oxygen atoms in total. The highest BCUT2D eigenvalue weighted by molar-refractivity contribution is 5.97. The maximum atomic E-state index is 12.4. The van der Waals surface area contributed by atoms with E-state index in [1.54, 1.807) is 4.90 Å². The molecule has 1 aromatic rings. The van der Waals surface area contributed by atoms with Crippen LogP contribution in [-0.2, 0) is 9.59 Å². The predicted molar refractivity (Wildman–Crippen MR) is 96.3 cm³/mol. The Balaban J connectivity index is 1.68. The molecule has 0 atom stereocenters. The number of rotatable bonds is 4. The number of benzene rings is 1. The van der Waals surface area contributed by atoms with Gasteiger partial charge in [0.1, 0.15) is 6.54 Å². The van der Waals surface area contributed by atoms with Gasteiger partial charge in [0.15, 0.2) is 0 Å². The molecule has 0 N–H and O–H groups in total. The quantitative estimate of drug-likeness (QED) is 0.853. The Hall–Kier alpha value is -2.04. The molecule has 0 radical (unpaired) electrons. The summed E-state index contributed by atoms with van der Waals surface area (Å²) in [5, 5.41) is 0. The maximum absolute atomic E-state index is 12.4. The zero-order valence-electron chi connectivity index (χ0n) is 14.5. The lowest BCUT2D eigenvalue weighted by molar-refractivity contribution is -0.130. The molecule has 24 heavy (non-hydrogen) atoms. The van der Waals surface area contributed by atoms with Gasteiger partial charge in [0.05, 0.1) is 0 Å². The molecule has 2 aliphatic rings. The van der Waals surface area contributed by atoms with Crippen LogP contribution in [-0.4, -0.2) is 49.4 Å². The first-order valence-electron chi connectivity index (χ1n) is 9.06. The van der Waals surface area contributed by atoms with Gasteiger partial charge in [0, 0.05) is 44.5 Å². The lowest BCUT2D eigenvalue weighted by Crippen LogP contribution is -2.41. The Morgan fingerprint density at radius 1 is 0.917 bits per heavy atom. The minimum Gasteiger partial charge on any atom is -0.372 e. The van der Waals surface area contributed by atoms with Crippen molar-refractivity contribution >= 4 is 23.2 Å². The van der Waals surface area contributed by atoms with Crippen LogP contribution in [0.25, 0.3) is 0 Å². The zero-order chi connectivity index (χ0) is 16.9. The third-order valence-corrected chi connectivity index (χ3v) is 5.01. The van der Waals surface area contributed by atoms with E-state index in [4.69, 9.17) is 0 Å². The van der Waals surface area contributed by atoms with Crippen molar-refractivity contribution in [3.05, 3.63) is 24.3 Å². The first-order valence-corrected chi connectivity index (χ1v) is 9.06. The fraction of sp³-hybridized carbons (Fsp3) is 0.579. The van der Waals surface area contributed by atoms with Crippen molar-refractivity contribution in [3.63, 3.8) is 0 Å². The fourth-order valence-corrected chi connectivity index (χ4v) is 3.58.